The number of hydrogen-bond acceptors (Lipinski definition) is 3. The van der Waals surface area contributed by atoms with Gasteiger partial charge in [-0.15, -0.1) is 0 Å². The Balaban J connectivity index is 2.57. The normalized spacial score (nSPS) is 15.1. The van der Waals surface area contributed by atoms with E-state index in [-0.39, 0.29) is 0 Å². The van der Waals surface area contributed by atoms with E-state index in [4.69, 9.17) is 5.73 Å². The predicted molar refractivity (Wildman–Crippen MR) is 75.4 cm³/mol. The standard InChI is InChI=1S/C15H22N2O2/c1-9(2)8-12-14(16)13(15(18)19)10-6-4-3-5-7-11(10)17-12/h9H,3-8,16H2,1-2H3,(H,18,19). The highest BCUT2D eigenvalue weighted by Gasteiger charge is 2.23. The third kappa shape index (κ3) is 2.88. The minimum atomic E-state index is -0.914. The SMILES string of the molecule is CC(C)Cc1nc2c(c(C(=O)O)c1N)CCCCC2. The van der Waals surface area contributed by atoms with Crippen LogP contribution in [0.5, 0.6) is 0 Å². The molecule has 1 aliphatic rings. The van der Waals surface area contributed by atoms with Crippen LogP contribution in [0.2, 0.25) is 0 Å². The Hall–Kier alpha value is -1.58. The lowest BCUT2D eigenvalue weighted by Gasteiger charge is -2.16. The van der Waals surface area contributed by atoms with Gasteiger partial charge < -0.3 is 10.8 Å². The van der Waals surface area contributed by atoms with Crippen LogP contribution in [0.4, 0.5) is 5.69 Å². The first-order valence-electron chi connectivity index (χ1n) is 7.04. The summed E-state index contributed by atoms with van der Waals surface area (Å²) >= 11 is 0. The average molecular weight is 262 g/mol. The van der Waals surface area contributed by atoms with Crippen molar-refractivity contribution in [2.45, 2.75) is 52.4 Å². The van der Waals surface area contributed by atoms with E-state index in [2.05, 4.69) is 18.8 Å². The van der Waals surface area contributed by atoms with Gasteiger partial charge in [0.05, 0.1) is 16.9 Å². The number of anilines is 1. The molecule has 1 aromatic heterocycles. The lowest BCUT2D eigenvalue weighted by molar-refractivity contribution is 0.0696. The molecule has 0 unspecified atom stereocenters. The van der Waals surface area contributed by atoms with Gasteiger partial charge in [-0.2, -0.15) is 0 Å². The molecule has 1 aromatic rings. The topological polar surface area (TPSA) is 76.2 Å². The second-order valence-corrected chi connectivity index (χ2v) is 5.74. The van der Waals surface area contributed by atoms with Gasteiger partial charge in [-0.05, 0) is 43.6 Å². The highest BCUT2D eigenvalue weighted by molar-refractivity contribution is 5.96. The number of carboxylic acid groups (broad SMARTS) is 1. The van der Waals surface area contributed by atoms with E-state index in [0.717, 1.165) is 55.5 Å². The molecule has 0 spiro atoms. The van der Waals surface area contributed by atoms with Gasteiger partial charge in [-0.3, -0.25) is 4.98 Å². The van der Waals surface area contributed by atoms with Crippen molar-refractivity contribution in [3.8, 4) is 0 Å². The molecule has 0 saturated carbocycles. The summed E-state index contributed by atoms with van der Waals surface area (Å²) in [6.45, 7) is 4.18. The number of nitrogen functional groups attached to an aromatic ring is 1. The zero-order valence-corrected chi connectivity index (χ0v) is 11.7. The van der Waals surface area contributed by atoms with Crippen LogP contribution in [-0.2, 0) is 19.3 Å². The molecular formula is C15H22N2O2. The van der Waals surface area contributed by atoms with Crippen LogP contribution in [0.3, 0.4) is 0 Å². The molecule has 4 nitrogen and oxygen atoms in total. The third-order valence-corrected chi connectivity index (χ3v) is 3.66. The van der Waals surface area contributed by atoms with Crippen molar-refractivity contribution < 1.29 is 9.90 Å². The lowest BCUT2D eigenvalue weighted by Crippen LogP contribution is -2.15. The number of aromatic nitrogens is 1. The summed E-state index contributed by atoms with van der Waals surface area (Å²) < 4.78 is 0. The van der Waals surface area contributed by atoms with Crippen LogP contribution >= 0.6 is 0 Å². The molecule has 0 bridgehead atoms. The van der Waals surface area contributed by atoms with Gasteiger partial charge in [0.1, 0.15) is 0 Å². The molecule has 3 N–H and O–H groups in total. The Morgan fingerprint density at radius 1 is 1.32 bits per heavy atom. The molecule has 1 heterocycles. The summed E-state index contributed by atoms with van der Waals surface area (Å²) in [5.41, 5.74) is 9.33. The number of rotatable bonds is 3. The Labute approximate surface area is 114 Å². The maximum absolute atomic E-state index is 11.5. The van der Waals surface area contributed by atoms with Gasteiger partial charge in [-0.1, -0.05) is 20.3 Å². The Kier molecular flexibility index (Phi) is 4.08. The van der Waals surface area contributed by atoms with Gasteiger partial charge in [0, 0.05) is 5.69 Å². The maximum atomic E-state index is 11.5. The molecule has 0 fully saturated rings. The zero-order valence-electron chi connectivity index (χ0n) is 11.7. The number of nitrogens with two attached hydrogens (primary N) is 1. The molecule has 0 radical (unpaired) electrons. The lowest BCUT2D eigenvalue weighted by atomic mass is 9.96. The molecule has 0 aliphatic heterocycles. The van der Waals surface area contributed by atoms with E-state index in [1.54, 1.807) is 0 Å². The number of carboxylic acids is 1. The fourth-order valence-electron chi connectivity index (χ4n) is 2.78. The van der Waals surface area contributed by atoms with Crippen LogP contribution in [0.1, 0.15) is 60.4 Å². The van der Waals surface area contributed by atoms with Crippen LogP contribution in [0.25, 0.3) is 0 Å². The minimum absolute atomic E-state index is 0.308. The molecule has 0 amide bonds. The van der Waals surface area contributed by atoms with Crippen molar-refractivity contribution in [3.05, 3.63) is 22.5 Å². The van der Waals surface area contributed by atoms with Crippen molar-refractivity contribution >= 4 is 11.7 Å². The van der Waals surface area contributed by atoms with Crippen molar-refractivity contribution in [3.63, 3.8) is 0 Å². The highest BCUT2D eigenvalue weighted by atomic mass is 16.4. The molecule has 0 saturated heterocycles. The molecular weight excluding hydrogens is 240 g/mol. The Bertz CT molecular complexity index is 495. The molecule has 4 heteroatoms. The summed E-state index contributed by atoms with van der Waals surface area (Å²) in [4.78, 5) is 16.2. The van der Waals surface area contributed by atoms with Gasteiger partial charge in [0.15, 0.2) is 0 Å². The Morgan fingerprint density at radius 2 is 2.00 bits per heavy atom. The first-order valence-corrected chi connectivity index (χ1v) is 7.04. The number of fused-ring (bicyclic) bond motifs is 1. The second-order valence-electron chi connectivity index (χ2n) is 5.74. The molecule has 1 aliphatic carbocycles. The maximum Gasteiger partial charge on any atom is 0.338 e. The number of carbonyl (C=O) groups is 1. The van der Waals surface area contributed by atoms with Crippen LogP contribution in [0, 0.1) is 5.92 Å². The van der Waals surface area contributed by atoms with E-state index in [1.807, 2.05) is 0 Å². The number of aryl methyl sites for hydroxylation is 1. The van der Waals surface area contributed by atoms with E-state index < -0.39 is 5.97 Å². The monoisotopic (exact) mass is 262 g/mol. The highest BCUT2D eigenvalue weighted by Crippen LogP contribution is 2.29. The second kappa shape index (κ2) is 5.59. The van der Waals surface area contributed by atoms with Crippen molar-refractivity contribution in [2.75, 3.05) is 5.73 Å². The number of aromatic carboxylic acids is 1. The molecule has 2 rings (SSSR count). The molecule has 104 valence electrons. The summed E-state index contributed by atoms with van der Waals surface area (Å²) in [6.07, 6.45) is 5.65. The van der Waals surface area contributed by atoms with Gasteiger partial charge in [-0.25, -0.2) is 4.79 Å². The molecule has 19 heavy (non-hydrogen) atoms. The smallest absolute Gasteiger partial charge is 0.338 e. The van der Waals surface area contributed by atoms with Crippen LogP contribution < -0.4 is 5.73 Å². The average Bonchev–Trinajstić information content (AvgIpc) is 2.53. The van der Waals surface area contributed by atoms with Crippen molar-refractivity contribution in [2.24, 2.45) is 5.92 Å². The predicted octanol–water partition coefficient (Wildman–Crippen LogP) is 2.83. The first-order chi connectivity index (χ1) is 9.00. The Morgan fingerprint density at radius 3 is 2.63 bits per heavy atom. The van der Waals surface area contributed by atoms with E-state index in [1.165, 1.54) is 0 Å². The van der Waals surface area contributed by atoms with Gasteiger partial charge in [0.2, 0.25) is 0 Å². The number of pyridine rings is 1. The van der Waals surface area contributed by atoms with E-state index in [0.29, 0.717) is 17.2 Å². The van der Waals surface area contributed by atoms with Crippen LogP contribution in [0.15, 0.2) is 0 Å². The summed E-state index contributed by atoms with van der Waals surface area (Å²) in [7, 11) is 0. The molecule has 0 aromatic carbocycles. The number of nitrogens with zero attached hydrogens (tertiary/aromatic N) is 1. The summed E-state index contributed by atoms with van der Waals surface area (Å²) in [5.74, 6) is -0.497. The first kappa shape index (κ1) is 13.8. The van der Waals surface area contributed by atoms with E-state index in [9.17, 15) is 9.90 Å². The summed E-state index contributed by atoms with van der Waals surface area (Å²) in [6, 6.07) is 0. The largest absolute Gasteiger partial charge is 0.478 e. The minimum Gasteiger partial charge on any atom is -0.478 e. The van der Waals surface area contributed by atoms with Crippen molar-refractivity contribution in [1.82, 2.24) is 4.98 Å². The number of hydrogen-bond donors (Lipinski definition) is 2. The van der Waals surface area contributed by atoms with Gasteiger partial charge in [0.25, 0.3) is 0 Å². The van der Waals surface area contributed by atoms with Crippen molar-refractivity contribution in [1.29, 1.82) is 0 Å². The van der Waals surface area contributed by atoms with E-state index >= 15 is 0 Å². The van der Waals surface area contributed by atoms with Crippen LogP contribution in [-0.4, -0.2) is 16.1 Å². The molecule has 0 atom stereocenters. The fourth-order valence-corrected chi connectivity index (χ4v) is 2.78. The summed E-state index contributed by atoms with van der Waals surface area (Å²) in [5, 5.41) is 9.46. The third-order valence-electron chi connectivity index (χ3n) is 3.66. The quantitative estimate of drug-likeness (QED) is 0.821. The zero-order chi connectivity index (χ0) is 14.0. The van der Waals surface area contributed by atoms with Gasteiger partial charge >= 0.3 is 5.97 Å². The fraction of sp³-hybridized carbons (Fsp3) is 0.600.